The summed E-state index contributed by atoms with van der Waals surface area (Å²) in [6.45, 7) is 2.80. The molecule has 3 N–H and O–H groups in total. The molecule has 0 atom stereocenters. The lowest BCUT2D eigenvalue weighted by Crippen LogP contribution is -2.20. The van der Waals surface area contributed by atoms with E-state index in [1.165, 1.54) is 19.3 Å². The molecule has 100 valence electrons. The van der Waals surface area contributed by atoms with Crippen molar-refractivity contribution in [3.8, 4) is 0 Å². The summed E-state index contributed by atoms with van der Waals surface area (Å²) in [6, 6.07) is 1.56. The summed E-state index contributed by atoms with van der Waals surface area (Å²) in [5.74, 6) is 2.17. The van der Waals surface area contributed by atoms with Crippen molar-refractivity contribution < 1.29 is 0 Å². The van der Waals surface area contributed by atoms with Gasteiger partial charge in [0.15, 0.2) is 0 Å². The highest BCUT2D eigenvalue weighted by atomic mass is 16.1. The molecule has 1 aromatic heterocycles. The Morgan fingerprint density at radius 3 is 2.72 bits per heavy atom. The Morgan fingerprint density at radius 2 is 2.11 bits per heavy atom. The van der Waals surface area contributed by atoms with Gasteiger partial charge < -0.3 is 10.7 Å². The van der Waals surface area contributed by atoms with Gasteiger partial charge in [-0.25, -0.2) is 4.98 Å². The van der Waals surface area contributed by atoms with Crippen LogP contribution < -0.4 is 11.3 Å². The van der Waals surface area contributed by atoms with Gasteiger partial charge >= 0.3 is 0 Å². The van der Waals surface area contributed by atoms with Crippen LogP contribution in [0.25, 0.3) is 0 Å². The molecule has 1 aliphatic carbocycles. The summed E-state index contributed by atoms with van der Waals surface area (Å²) >= 11 is 0. The van der Waals surface area contributed by atoms with Gasteiger partial charge in [0.05, 0.1) is 0 Å². The van der Waals surface area contributed by atoms with Gasteiger partial charge in [-0.3, -0.25) is 4.79 Å². The zero-order valence-electron chi connectivity index (χ0n) is 11.1. The topological polar surface area (TPSA) is 71.8 Å². The quantitative estimate of drug-likeness (QED) is 0.856. The maximum Gasteiger partial charge on any atom is 0.251 e. The van der Waals surface area contributed by atoms with Crippen molar-refractivity contribution in [3.63, 3.8) is 0 Å². The third-order valence-corrected chi connectivity index (χ3v) is 4.02. The van der Waals surface area contributed by atoms with Crippen molar-refractivity contribution in [2.45, 2.75) is 51.4 Å². The van der Waals surface area contributed by atoms with Gasteiger partial charge in [-0.2, -0.15) is 0 Å². The van der Waals surface area contributed by atoms with Crippen molar-refractivity contribution in [1.82, 2.24) is 9.97 Å². The number of rotatable bonds is 4. The number of hydrogen-bond donors (Lipinski definition) is 2. The SMILES string of the molecule is CCC1CCC(c2nc(CCN)cc(=O)[nH]2)CC1. The molecule has 1 aliphatic rings. The highest BCUT2D eigenvalue weighted by molar-refractivity contribution is 5.07. The second kappa shape index (κ2) is 6.14. The average molecular weight is 249 g/mol. The summed E-state index contributed by atoms with van der Waals surface area (Å²) in [7, 11) is 0. The van der Waals surface area contributed by atoms with E-state index in [0.717, 1.165) is 30.3 Å². The van der Waals surface area contributed by atoms with Crippen molar-refractivity contribution >= 4 is 0 Å². The number of nitrogens with two attached hydrogens (primary N) is 1. The van der Waals surface area contributed by atoms with Gasteiger partial charge in [0, 0.05) is 24.1 Å². The highest BCUT2D eigenvalue weighted by Gasteiger charge is 2.23. The fourth-order valence-electron chi connectivity index (χ4n) is 2.84. The molecule has 0 amide bonds. The number of nitrogens with one attached hydrogen (secondary N) is 1. The maximum atomic E-state index is 11.6. The van der Waals surface area contributed by atoms with Crippen LogP contribution in [0.1, 0.15) is 56.5 Å². The van der Waals surface area contributed by atoms with Crippen LogP contribution in [0, 0.1) is 5.92 Å². The molecule has 4 nitrogen and oxygen atoms in total. The second-order valence-corrected chi connectivity index (χ2v) is 5.29. The monoisotopic (exact) mass is 249 g/mol. The molecular weight excluding hydrogens is 226 g/mol. The van der Waals surface area contributed by atoms with Crippen LogP contribution >= 0.6 is 0 Å². The van der Waals surface area contributed by atoms with E-state index in [2.05, 4.69) is 16.9 Å². The third-order valence-electron chi connectivity index (χ3n) is 4.02. The van der Waals surface area contributed by atoms with Crippen LogP contribution in [0.2, 0.25) is 0 Å². The van der Waals surface area contributed by atoms with E-state index in [1.807, 2.05) is 0 Å². The predicted molar refractivity (Wildman–Crippen MR) is 72.6 cm³/mol. The molecule has 0 bridgehead atoms. The van der Waals surface area contributed by atoms with E-state index >= 15 is 0 Å². The molecule has 18 heavy (non-hydrogen) atoms. The number of H-pyrrole nitrogens is 1. The van der Waals surface area contributed by atoms with E-state index < -0.39 is 0 Å². The van der Waals surface area contributed by atoms with E-state index in [-0.39, 0.29) is 5.56 Å². The van der Waals surface area contributed by atoms with Crippen LogP contribution in [0.5, 0.6) is 0 Å². The summed E-state index contributed by atoms with van der Waals surface area (Å²) < 4.78 is 0. The first-order valence-electron chi connectivity index (χ1n) is 7.03. The van der Waals surface area contributed by atoms with Gasteiger partial charge in [0.25, 0.3) is 5.56 Å². The molecule has 0 aliphatic heterocycles. The van der Waals surface area contributed by atoms with E-state index in [1.54, 1.807) is 6.07 Å². The van der Waals surface area contributed by atoms with Crippen LogP contribution in [0.3, 0.4) is 0 Å². The molecule has 1 heterocycles. The summed E-state index contributed by atoms with van der Waals surface area (Å²) in [4.78, 5) is 19.1. The lowest BCUT2D eigenvalue weighted by atomic mass is 9.80. The van der Waals surface area contributed by atoms with Gasteiger partial charge in [-0.05, 0) is 38.1 Å². The van der Waals surface area contributed by atoms with Crippen LogP contribution in [-0.2, 0) is 6.42 Å². The Hall–Kier alpha value is -1.16. The van der Waals surface area contributed by atoms with Gasteiger partial charge in [-0.1, -0.05) is 13.3 Å². The van der Waals surface area contributed by atoms with Crippen molar-refractivity contribution in [2.75, 3.05) is 6.54 Å². The number of aromatic nitrogens is 2. The number of aromatic amines is 1. The van der Waals surface area contributed by atoms with Crippen LogP contribution in [-0.4, -0.2) is 16.5 Å². The van der Waals surface area contributed by atoms with Crippen molar-refractivity contribution in [2.24, 2.45) is 11.7 Å². The summed E-state index contributed by atoms with van der Waals surface area (Å²) in [6.07, 6.45) is 6.75. The van der Waals surface area contributed by atoms with Crippen LogP contribution in [0.4, 0.5) is 0 Å². The fourth-order valence-corrected chi connectivity index (χ4v) is 2.84. The lowest BCUT2D eigenvalue weighted by Gasteiger charge is -2.27. The van der Waals surface area contributed by atoms with E-state index in [0.29, 0.717) is 18.9 Å². The molecule has 1 saturated carbocycles. The third kappa shape index (κ3) is 3.19. The Bertz CT molecular complexity index is 433. The average Bonchev–Trinajstić information content (AvgIpc) is 2.38. The molecule has 1 aromatic rings. The fraction of sp³-hybridized carbons (Fsp3) is 0.714. The molecule has 0 saturated heterocycles. The van der Waals surface area contributed by atoms with Crippen molar-refractivity contribution in [3.05, 3.63) is 27.9 Å². The molecule has 0 spiro atoms. The molecule has 4 heteroatoms. The molecule has 0 unspecified atom stereocenters. The summed E-state index contributed by atoms with van der Waals surface area (Å²) in [5.41, 5.74) is 6.31. The molecular formula is C14H23N3O. The van der Waals surface area contributed by atoms with Crippen LogP contribution in [0.15, 0.2) is 10.9 Å². The van der Waals surface area contributed by atoms with Gasteiger partial charge in [0.2, 0.25) is 0 Å². The minimum atomic E-state index is -0.0407. The first-order valence-corrected chi connectivity index (χ1v) is 7.03. The van der Waals surface area contributed by atoms with Gasteiger partial charge in [-0.15, -0.1) is 0 Å². The van der Waals surface area contributed by atoms with E-state index in [9.17, 15) is 4.79 Å². The number of nitrogens with zero attached hydrogens (tertiary/aromatic N) is 1. The molecule has 0 aromatic carbocycles. The normalized spacial score (nSPS) is 24.1. The smallest absolute Gasteiger partial charge is 0.251 e. The predicted octanol–water partition coefficient (Wildman–Crippen LogP) is 1.95. The van der Waals surface area contributed by atoms with Crippen molar-refractivity contribution in [1.29, 1.82) is 0 Å². The zero-order valence-corrected chi connectivity index (χ0v) is 11.1. The Balaban J connectivity index is 2.11. The highest BCUT2D eigenvalue weighted by Crippen LogP contribution is 2.35. The summed E-state index contributed by atoms with van der Waals surface area (Å²) in [5, 5.41) is 0. The standard InChI is InChI=1S/C14H23N3O/c1-2-10-3-5-11(6-4-10)14-16-12(7-8-15)9-13(18)17-14/h9-11H,2-8,15H2,1H3,(H,16,17,18). The minimum Gasteiger partial charge on any atom is -0.330 e. The molecule has 0 radical (unpaired) electrons. The van der Waals surface area contributed by atoms with E-state index in [4.69, 9.17) is 5.73 Å². The Morgan fingerprint density at radius 1 is 1.39 bits per heavy atom. The maximum absolute atomic E-state index is 11.6. The first kappa shape index (κ1) is 13.3. The molecule has 2 rings (SSSR count). The molecule has 1 fully saturated rings. The Kier molecular flexibility index (Phi) is 4.53. The lowest BCUT2D eigenvalue weighted by molar-refractivity contribution is 0.311. The minimum absolute atomic E-state index is 0.0407. The van der Waals surface area contributed by atoms with Gasteiger partial charge in [0.1, 0.15) is 5.82 Å². The number of hydrogen-bond acceptors (Lipinski definition) is 3. The largest absolute Gasteiger partial charge is 0.330 e. The second-order valence-electron chi connectivity index (χ2n) is 5.29. The first-order chi connectivity index (χ1) is 8.72. The zero-order chi connectivity index (χ0) is 13.0. The Labute approximate surface area is 108 Å².